The van der Waals surface area contributed by atoms with Crippen molar-refractivity contribution in [3.8, 4) is 51.5 Å². The summed E-state index contributed by atoms with van der Waals surface area (Å²) in [5.41, 5.74) is 5.24. The number of pyridine rings is 1. The number of rotatable bonds is 9. The summed E-state index contributed by atoms with van der Waals surface area (Å²) in [5.74, 6) is 1.09. The van der Waals surface area contributed by atoms with Crippen LogP contribution in [0.15, 0.2) is 72.8 Å². The summed E-state index contributed by atoms with van der Waals surface area (Å²) < 4.78 is 45.8. The molecule has 0 saturated carbocycles. The monoisotopic (exact) mass is 743 g/mol. The lowest BCUT2D eigenvalue weighted by atomic mass is 9.65. The van der Waals surface area contributed by atoms with Crippen molar-refractivity contribution in [1.82, 2.24) is 15.3 Å². The molecule has 3 aliphatic rings. The number of aromatic amines is 1. The van der Waals surface area contributed by atoms with E-state index in [4.69, 9.17) is 42.9 Å². The zero-order valence-electron chi connectivity index (χ0n) is 30.7. The fourth-order valence-electron chi connectivity index (χ4n) is 8.40. The second-order valence-electron chi connectivity index (χ2n) is 13.6. The number of para-hydroxylation sites is 1. The van der Waals surface area contributed by atoms with Crippen LogP contribution in [0.25, 0.3) is 33.1 Å². The molecule has 0 unspecified atom stereocenters. The van der Waals surface area contributed by atoms with Crippen LogP contribution in [0.4, 0.5) is 0 Å². The highest BCUT2D eigenvalue weighted by atomic mass is 16.7. The van der Waals surface area contributed by atoms with Gasteiger partial charge in [-0.1, -0.05) is 18.2 Å². The van der Waals surface area contributed by atoms with Crippen LogP contribution in [0, 0.1) is 11.8 Å². The lowest BCUT2D eigenvalue weighted by Crippen LogP contribution is -2.43. The standard InChI is InChI=1S/C42H37N3O10/c1-48-21-10-11-30(49-2)26(14-21)39-38-24(22-8-6-7-9-28(22)43-38)15-29(44-39)41(46)45-37-25-17-32-31(54-19-55-32)16-23(25)35(36-27(37)18-53-42(36)47)20-12-33(50-3)40(52-5)34(13-20)51-4/h6-17,27,35-37,43H,18-19H2,1-5H3,(H,45,46)/t27-,35+,36-,37+/m0/s1. The van der Waals surface area contributed by atoms with Crippen molar-refractivity contribution in [3.05, 3.63) is 95.2 Å². The number of cyclic esters (lactones) is 1. The minimum Gasteiger partial charge on any atom is -0.497 e. The first-order chi connectivity index (χ1) is 26.8. The number of fused-ring (bicyclic) bond motifs is 6. The van der Waals surface area contributed by atoms with Crippen LogP contribution >= 0.6 is 0 Å². The summed E-state index contributed by atoms with van der Waals surface area (Å²) in [6, 6.07) is 21.9. The summed E-state index contributed by atoms with van der Waals surface area (Å²) in [6.45, 7) is 0.133. The molecule has 6 aromatic rings. The molecule has 2 aliphatic heterocycles. The number of esters is 1. The predicted molar refractivity (Wildman–Crippen MR) is 201 cm³/mol. The van der Waals surface area contributed by atoms with Crippen molar-refractivity contribution in [3.63, 3.8) is 0 Å². The summed E-state index contributed by atoms with van der Waals surface area (Å²) in [7, 11) is 7.80. The first-order valence-corrected chi connectivity index (χ1v) is 17.7. The highest BCUT2D eigenvalue weighted by Crippen LogP contribution is 2.56. The minimum atomic E-state index is -0.679. The average molecular weight is 744 g/mol. The van der Waals surface area contributed by atoms with Crippen molar-refractivity contribution in [1.29, 1.82) is 0 Å². The molecule has 1 saturated heterocycles. The maximum absolute atomic E-state index is 14.7. The highest BCUT2D eigenvalue weighted by molar-refractivity contribution is 6.13. The topological polar surface area (TPSA) is 149 Å². The second kappa shape index (κ2) is 13.3. The highest BCUT2D eigenvalue weighted by Gasteiger charge is 2.53. The fraction of sp³-hybridized carbons (Fsp3) is 0.262. The van der Waals surface area contributed by atoms with Crippen LogP contribution < -0.4 is 38.5 Å². The number of hydrogen-bond donors (Lipinski definition) is 2. The van der Waals surface area contributed by atoms with Gasteiger partial charge < -0.3 is 48.2 Å². The van der Waals surface area contributed by atoms with Crippen molar-refractivity contribution < 1.29 is 47.5 Å². The average Bonchev–Trinajstić information content (AvgIpc) is 3.95. The first kappa shape index (κ1) is 34.2. The smallest absolute Gasteiger partial charge is 0.310 e. The van der Waals surface area contributed by atoms with Gasteiger partial charge in [0.05, 0.1) is 65.3 Å². The number of benzene rings is 4. The Morgan fingerprint density at radius 3 is 2.22 bits per heavy atom. The molecule has 1 fully saturated rings. The third-order valence-electron chi connectivity index (χ3n) is 10.9. The number of H-pyrrole nitrogens is 1. The zero-order valence-corrected chi connectivity index (χ0v) is 30.7. The molecule has 4 heterocycles. The quantitative estimate of drug-likeness (QED) is 0.155. The van der Waals surface area contributed by atoms with Crippen molar-refractivity contribution in [2.45, 2.75) is 12.0 Å². The van der Waals surface area contributed by atoms with E-state index < -0.39 is 29.7 Å². The molecule has 55 heavy (non-hydrogen) atoms. The summed E-state index contributed by atoms with van der Waals surface area (Å²) >= 11 is 0. The van der Waals surface area contributed by atoms with Crippen molar-refractivity contribution in [2.24, 2.45) is 11.8 Å². The van der Waals surface area contributed by atoms with Crippen LogP contribution in [0.3, 0.4) is 0 Å². The number of aromatic nitrogens is 2. The van der Waals surface area contributed by atoms with E-state index in [-0.39, 0.29) is 25.1 Å². The third-order valence-corrected chi connectivity index (χ3v) is 10.9. The number of ether oxygens (including phenoxy) is 8. The van der Waals surface area contributed by atoms with E-state index in [2.05, 4.69) is 10.3 Å². The van der Waals surface area contributed by atoms with Crippen molar-refractivity contribution >= 4 is 33.7 Å². The van der Waals surface area contributed by atoms with E-state index in [1.807, 2.05) is 60.7 Å². The number of nitrogens with one attached hydrogen (secondary N) is 2. The number of carbonyl (C=O) groups is 2. The van der Waals surface area contributed by atoms with Gasteiger partial charge >= 0.3 is 5.97 Å². The van der Waals surface area contributed by atoms with Crippen LogP contribution in [-0.4, -0.2) is 70.8 Å². The van der Waals surface area contributed by atoms with E-state index in [9.17, 15) is 9.59 Å². The van der Waals surface area contributed by atoms with Gasteiger partial charge in [0.15, 0.2) is 23.0 Å². The van der Waals surface area contributed by atoms with Gasteiger partial charge in [0.1, 0.15) is 17.2 Å². The molecule has 0 spiro atoms. The molecule has 0 bridgehead atoms. The van der Waals surface area contributed by atoms with Gasteiger partial charge in [-0.25, -0.2) is 4.98 Å². The number of carbonyl (C=O) groups excluding carboxylic acids is 2. The Morgan fingerprint density at radius 1 is 0.782 bits per heavy atom. The molecule has 4 atom stereocenters. The molecule has 280 valence electrons. The Labute approximate surface area is 315 Å². The predicted octanol–water partition coefficient (Wildman–Crippen LogP) is 6.56. The van der Waals surface area contributed by atoms with E-state index in [1.54, 1.807) is 40.6 Å². The molecular weight excluding hydrogens is 706 g/mol. The number of amides is 1. The fourth-order valence-corrected chi connectivity index (χ4v) is 8.40. The molecule has 1 amide bonds. The summed E-state index contributed by atoms with van der Waals surface area (Å²) in [5, 5.41) is 5.01. The first-order valence-electron chi connectivity index (χ1n) is 17.7. The Bertz CT molecular complexity index is 2500. The molecule has 13 nitrogen and oxygen atoms in total. The van der Waals surface area contributed by atoms with Crippen LogP contribution in [0.1, 0.15) is 39.1 Å². The Balaban J connectivity index is 1.20. The molecule has 9 rings (SSSR count). The number of methoxy groups -OCH3 is 5. The maximum Gasteiger partial charge on any atom is 0.310 e. The van der Waals surface area contributed by atoms with Gasteiger partial charge in [0.2, 0.25) is 12.5 Å². The Kier molecular flexibility index (Phi) is 8.29. The van der Waals surface area contributed by atoms with Gasteiger partial charge in [-0.3, -0.25) is 9.59 Å². The summed E-state index contributed by atoms with van der Waals surface area (Å²) in [4.78, 5) is 37.0. The summed E-state index contributed by atoms with van der Waals surface area (Å²) in [6.07, 6.45) is 0. The van der Waals surface area contributed by atoms with Gasteiger partial charge in [-0.05, 0) is 71.3 Å². The second-order valence-corrected chi connectivity index (χ2v) is 13.6. The largest absolute Gasteiger partial charge is 0.497 e. The SMILES string of the molecule is COc1ccc(OC)c(-c2nc(C(=O)N[C@@H]3c4cc5c(cc4[C@@H](c4cc(OC)c(OC)c(OC)c4)[C@H]4C(=O)OC[C@@H]43)OCO5)cc3c2[nH]c2ccccc23)c1. The van der Waals surface area contributed by atoms with Gasteiger partial charge in [-0.2, -0.15) is 0 Å². The molecule has 2 N–H and O–H groups in total. The normalized spacial score (nSPS) is 19.4. The van der Waals surface area contributed by atoms with Crippen LogP contribution in [0.2, 0.25) is 0 Å². The molecule has 13 heteroatoms. The molecule has 0 radical (unpaired) electrons. The molecule has 4 aromatic carbocycles. The molecule has 1 aliphatic carbocycles. The Hall–Kier alpha value is -6.63. The lowest BCUT2D eigenvalue weighted by molar-refractivity contribution is -0.141. The minimum absolute atomic E-state index is 0.0457. The van der Waals surface area contributed by atoms with E-state index in [0.717, 1.165) is 38.5 Å². The van der Waals surface area contributed by atoms with E-state index in [0.29, 0.717) is 51.5 Å². The Morgan fingerprint density at radius 2 is 1.51 bits per heavy atom. The van der Waals surface area contributed by atoms with Crippen LogP contribution in [-0.2, 0) is 9.53 Å². The third kappa shape index (κ3) is 5.40. The van der Waals surface area contributed by atoms with Crippen LogP contribution in [0.5, 0.6) is 40.2 Å². The van der Waals surface area contributed by atoms with Gasteiger partial charge in [-0.15, -0.1) is 0 Å². The van der Waals surface area contributed by atoms with E-state index in [1.165, 1.54) is 7.11 Å². The molecular formula is C42H37N3O10. The maximum atomic E-state index is 14.7. The number of hydrogen-bond acceptors (Lipinski definition) is 11. The lowest BCUT2D eigenvalue weighted by Gasteiger charge is -2.39. The molecule has 2 aromatic heterocycles. The zero-order chi connectivity index (χ0) is 38.0. The van der Waals surface area contributed by atoms with Crippen molar-refractivity contribution in [2.75, 3.05) is 48.9 Å². The van der Waals surface area contributed by atoms with Gasteiger partial charge in [0, 0.05) is 33.7 Å². The van der Waals surface area contributed by atoms with E-state index >= 15 is 0 Å². The number of nitrogens with zero attached hydrogens (tertiary/aromatic N) is 1. The van der Waals surface area contributed by atoms with Gasteiger partial charge in [0.25, 0.3) is 5.91 Å².